The topological polar surface area (TPSA) is 107 Å². The van der Waals surface area contributed by atoms with Crippen LogP contribution in [0.4, 0.5) is 5.82 Å². The van der Waals surface area contributed by atoms with Crippen molar-refractivity contribution in [2.24, 2.45) is 18.7 Å². The Morgan fingerprint density at radius 3 is 2.53 bits per heavy atom. The van der Waals surface area contributed by atoms with Crippen LogP contribution in [0.3, 0.4) is 0 Å². The third kappa shape index (κ3) is 2.86. The average molecular weight is 265 g/mol. The quantitative estimate of drug-likeness (QED) is 0.784. The molecule has 0 unspecified atom stereocenters. The molecule has 1 fully saturated rings. The van der Waals surface area contributed by atoms with Crippen LogP contribution in [0.5, 0.6) is 0 Å². The molecule has 1 aromatic heterocycles. The molecular weight excluding hydrogens is 246 g/mol. The maximum Gasteiger partial charge on any atom is 0.259 e. The highest BCUT2D eigenvalue weighted by molar-refractivity contribution is 5.98. The van der Waals surface area contributed by atoms with Crippen molar-refractivity contribution in [2.45, 2.75) is 19.3 Å². The highest BCUT2D eigenvalue weighted by Gasteiger charge is 2.26. The molecular formula is C12H19N5O2. The summed E-state index contributed by atoms with van der Waals surface area (Å²) in [6, 6.07) is 0. The molecule has 104 valence electrons. The lowest BCUT2D eigenvalue weighted by atomic mass is 9.93. The fraction of sp³-hybridized carbons (Fsp3) is 0.583. The Kier molecular flexibility index (Phi) is 3.73. The molecule has 2 amide bonds. The van der Waals surface area contributed by atoms with Gasteiger partial charge in [0.25, 0.3) is 5.91 Å². The summed E-state index contributed by atoms with van der Waals surface area (Å²) >= 11 is 0. The molecule has 7 heteroatoms. The zero-order chi connectivity index (χ0) is 14.0. The molecule has 19 heavy (non-hydrogen) atoms. The zero-order valence-electron chi connectivity index (χ0n) is 11.0. The molecule has 1 aromatic rings. The molecule has 0 radical (unpaired) electrons. The Bertz CT molecular complexity index is 488. The Labute approximate surface area is 111 Å². The van der Waals surface area contributed by atoms with Crippen molar-refractivity contribution in [1.82, 2.24) is 14.7 Å². The Morgan fingerprint density at radius 2 is 2.05 bits per heavy atom. The van der Waals surface area contributed by atoms with Gasteiger partial charge in [0.2, 0.25) is 5.91 Å². The summed E-state index contributed by atoms with van der Waals surface area (Å²) < 4.78 is 1.48. The van der Waals surface area contributed by atoms with Crippen LogP contribution in [0.25, 0.3) is 0 Å². The molecule has 0 saturated carbocycles. The fourth-order valence-corrected chi connectivity index (χ4v) is 2.41. The van der Waals surface area contributed by atoms with E-state index in [4.69, 9.17) is 11.5 Å². The van der Waals surface area contributed by atoms with Crippen LogP contribution in [0.15, 0.2) is 6.20 Å². The van der Waals surface area contributed by atoms with Crippen LogP contribution in [0.1, 0.15) is 29.6 Å². The lowest BCUT2D eigenvalue weighted by Gasteiger charge is -2.31. The summed E-state index contributed by atoms with van der Waals surface area (Å²) in [4.78, 5) is 24.9. The summed E-state index contributed by atoms with van der Waals surface area (Å²) in [6.07, 6.45) is 3.49. The standard InChI is InChI=1S/C12H19N5O2/c1-16-11(14)9(7-15-16)12(19)17-4-2-8(3-5-17)6-10(13)18/h7-8H,2-6,14H2,1H3,(H2,13,18). The second-order valence-electron chi connectivity index (χ2n) is 4.97. The summed E-state index contributed by atoms with van der Waals surface area (Å²) in [7, 11) is 1.70. The Morgan fingerprint density at radius 1 is 1.42 bits per heavy atom. The predicted octanol–water partition coefficient (Wildman–Crippen LogP) is -0.270. The molecule has 1 saturated heterocycles. The molecule has 1 aliphatic rings. The van der Waals surface area contributed by atoms with E-state index in [1.807, 2.05) is 0 Å². The van der Waals surface area contributed by atoms with Crippen molar-refractivity contribution in [1.29, 1.82) is 0 Å². The number of nitrogens with two attached hydrogens (primary N) is 2. The van der Waals surface area contributed by atoms with E-state index in [0.717, 1.165) is 12.8 Å². The van der Waals surface area contributed by atoms with Crippen LogP contribution < -0.4 is 11.5 Å². The van der Waals surface area contributed by atoms with Crippen molar-refractivity contribution < 1.29 is 9.59 Å². The number of carbonyl (C=O) groups is 2. The van der Waals surface area contributed by atoms with Crippen molar-refractivity contribution in [3.05, 3.63) is 11.8 Å². The molecule has 0 bridgehead atoms. The van der Waals surface area contributed by atoms with Crippen LogP contribution in [-0.2, 0) is 11.8 Å². The largest absolute Gasteiger partial charge is 0.383 e. The SMILES string of the molecule is Cn1ncc(C(=O)N2CCC(CC(N)=O)CC2)c1N. The number of hydrogen-bond donors (Lipinski definition) is 2. The third-order valence-electron chi connectivity index (χ3n) is 3.61. The van der Waals surface area contributed by atoms with Crippen molar-refractivity contribution in [3.8, 4) is 0 Å². The molecule has 1 aliphatic heterocycles. The van der Waals surface area contributed by atoms with Crippen LogP contribution in [0.2, 0.25) is 0 Å². The van der Waals surface area contributed by atoms with E-state index >= 15 is 0 Å². The first kappa shape index (κ1) is 13.4. The van der Waals surface area contributed by atoms with E-state index < -0.39 is 0 Å². The van der Waals surface area contributed by atoms with Gasteiger partial charge in [-0.1, -0.05) is 0 Å². The van der Waals surface area contributed by atoms with E-state index in [0.29, 0.717) is 30.9 Å². The lowest BCUT2D eigenvalue weighted by molar-refractivity contribution is -0.119. The van der Waals surface area contributed by atoms with Crippen molar-refractivity contribution in [2.75, 3.05) is 18.8 Å². The summed E-state index contributed by atoms with van der Waals surface area (Å²) in [6.45, 7) is 1.26. The number of piperidine rings is 1. The first-order chi connectivity index (χ1) is 8.99. The summed E-state index contributed by atoms with van der Waals surface area (Å²) in [5, 5.41) is 3.97. The van der Waals surface area contributed by atoms with E-state index in [2.05, 4.69) is 5.10 Å². The third-order valence-corrected chi connectivity index (χ3v) is 3.61. The number of likely N-dealkylation sites (tertiary alicyclic amines) is 1. The maximum atomic E-state index is 12.3. The van der Waals surface area contributed by atoms with Gasteiger partial charge in [-0.2, -0.15) is 5.10 Å². The van der Waals surface area contributed by atoms with Gasteiger partial charge in [0.05, 0.1) is 6.20 Å². The predicted molar refractivity (Wildman–Crippen MR) is 70.1 cm³/mol. The minimum atomic E-state index is -0.277. The number of rotatable bonds is 3. The number of amides is 2. The number of carbonyl (C=O) groups excluding carboxylic acids is 2. The average Bonchev–Trinajstić information content (AvgIpc) is 2.69. The van der Waals surface area contributed by atoms with Crippen molar-refractivity contribution in [3.63, 3.8) is 0 Å². The summed E-state index contributed by atoms with van der Waals surface area (Å²) in [5.74, 6) is 0.293. The first-order valence-corrected chi connectivity index (χ1v) is 6.34. The van der Waals surface area contributed by atoms with Gasteiger partial charge in [-0.3, -0.25) is 14.3 Å². The molecule has 0 aliphatic carbocycles. The number of nitrogens with zero attached hydrogens (tertiary/aromatic N) is 3. The van der Waals surface area contributed by atoms with Crippen LogP contribution >= 0.6 is 0 Å². The highest BCUT2D eigenvalue weighted by Crippen LogP contribution is 2.22. The van der Waals surface area contributed by atoms with Gasteiger partial charge >= 0.3 is 0 Å². The zero-order valence-corrected chi connectivity index (χ0v) is 11.0. The molecule has 2 heterocycles. The number of aromatic nitrogens is 2. The number of primary amides is 1. The van der Waals surface area contributed by atoms with Crippen molar-refractivity contribution >= 4 is 17.6 Å². The smallest absolute Gasteiger partial charge is 0.259 e. The van der Waals surface area contributed by atoms with Crippen LogP contribution in [0, 0.1) is 5.92 Å². The van der Waals surface area contributed by atoms with E-state index in [-0.39, 0.29) is 17.7 Å². The molecule has 0 atom stereocenters. The van der Waals surface area contributed by atoms with E-state index in [1.165, 1.54) is 10.9 Å². The maximum absolute atomic E-state index is 12.3. The lowest BCUT2D eigenvalue weighted by Crippen LogP contribution is -2.39. The van der Waals surface area contributed by atoms with Gasteiger partial charge in [0.15, 0.2) is 0 Å². The van der Waals surface area contributed by atoms with E-state index in [9.17, 15) is 9.59 Å². The molecule has 0 spiro atoms. The second kappa shape index (κ2) is 5.29. The molecule has 2 rings (SSSR count). The second-order valence-corrected chi connectivity index (χ2v) is 4.97. The molecule has 0 aromatic carbocycles. The van der Waals surface area contributed by atoms with Crippen LogP contribution in [-0.4, -0.2) is 39.6 Å². The monoisotopic (exact) mass is 265 g/mol. The Balaban J connectivity index is 1.96. The van der Waals surface area contributed by atoms with Gasteiger partial charge in [-0.05, 0) is 18.8 Å². The minimum absolute atomic E-state index is 0.0943. The minimum Gasteiger partial charge on any atom is -0.383 e. The number of nitrogen functional groups attached to an aromatic ring is 1. The number of aryl methyl sites for hydroxylation is 1. The van der Waals surface area contributed by atoms with Gasteiger partial charge in [-0.15, -0.1) is 0 Å². The molecule has 4 N–H and O–H groups in total. The fourth-order valence-electron chi connectivity index (χ4n) is 2.41. The molecule has 7 nitrogen and oxygen atoms in total. The first-order valence-electron chi connectivity index (χ1n) is 6.34. The Hall–Kier alpha value is -2.05. The highest BCUT2D eigenvalue weighted by atomic mass is 16.2. The van der Waals surface area contributed by atoms with E-state index in [1.54, 1.807) is 11.9 Å². The van der Waals surface area contributed by atoms with Gasteiger partial charge in [0.1, 0.15) is 11.4 Å². The normalized spacial score (nSPS) is 16.6. The summed E-state index contributed by atoms with van der Waals surface area (Å²) in [5.41, 5.74) is 11.4. The van der Waals surface area contributed by atoms with Gasteiger partial charge < -0.3 is 16.4 Å². The van der Waals surface area contributed by atoms with Gasteiger partial charge in [0, 0.05) is 26.6 Å². The number of hydrogen-bond acceptors (Lipinski definition) is 4. The number of anilines is 1. The van der Waals surface area contributed by atoms with Gasteiger partial charge in [-0.25, -0.2) is 0 Å².